The van der Waals surface area contributed by atoms with Crippen molar-refractivity contribution in [2.24, 2.45) is 0 Å². The van der Waals surface area contributed by atoms with Crippen molar-refractivity contribution in [1.82, 2.24) is 0 Å². The Bertz CT molecular complexity index is 3380. The van der Waals surface area contributed by atoms with Crippen LogP contribution in [0.4, 0.5) is 60.0 Å². The lowest BCUT2D eigenvalue weighted by Gasteiger charge is -2.36. The van der Waals surface area contributed by atoms with Crippen LogP contribution in [-0.2, 0) is 0 Å². The second kappa shape index (κ2) is 13.3. The Balaban J connectivity index is 1.27. The number of halogens is 2. The summed E-state index contributed by atoms with van der Waals surface area (Å²) in [5.74, 6) is -1.03. The number of rotatable bonds is 7. The van der Waals surface area contributed by atoms with Crippen molar-refractivity contribution in [2.75, 3.05) is 14.7 Å². The van der Waals surface area contributed by atoms with Crippen LogP contribution in [-0.4, -0.2) is 0 Å². The first-order chi connectivity index (χ1) is 31.2. The van der Waals surface area contributed by atoms with E-state index in [1.54, 1.807) is 17.0 Å². The van der Waals surface area contributed by atoms with Crippen molar-refractivity contribution in [3.05, 3.63) is 212 Å². The largest absolute Gasteiger partial charge is 0.310 e. The van der Waals surface area contributed by atoms with Gasteiger partial charge < -0.3 is 14.7 Å². The molecule has 1 aliphatic rings. The number of benzene rings is 9. The van der Waals surface area contributed by atoms with Crippen LogP contribution in [0, 0.1) is 11.6 Å². The Hall–Kier alpha value is -7.24. The topological polar surface area (TPSA) is 9.72 Å². The Morgan fingerprint density at radius 2 is 1.04 bits per heavy atom. The molecule has 0 amide bonds. The molecule has 262 valence electrons. The third-order valence-corrected chi connectivity index (χ3v) is 9.83. The minimum absolute atomic E-state index is 0.121. The number of nitrogens with zero attached hydrogens (tertiary/aromatic N) is 3. The highest BCUT2D eigenvalue weighted by Gasteiger charge is 2.29. The van der Waals surface area contributed by atoms with Gasteiger partial charge >= 0.3 is 0 Å². The summed E-state index contributed by atoms with van der Waals surface area (Å²) in [6.07, 6.45) is 0. The van der Waals surface area contributed by atoms with E-state index in [0.717, 1.165) is 33.0 Å². The zero-order valence-corrected chi connectivity index (χ0v) is 28.9. The molecule has 0 saturated carbocycles. The Morgan fingerprint density at radius 3 is 1.73 bits per heavy atom. The lowest BCUT2D eigenvalue weighted by molar-refractivity contribution is 0.627. The first-order valence-corrected chi connectivity index (χ1v) is 17.5. The molecule has 0 saturated heterocycles. The van der Waals surface area contributed by atoms with E-state index in [1.807, 2.05) is 78.9 Å². The molecule has 0 spiro atoms. The van der Waals surface area contributed by atoms with Crippen LogP contribution in [0.25, 0.3) is 32.7 Å². The third kappa shape index (κ3) is 5.65. The molecule has 1 heterocycles. The fourth-order valence-corrected chi connectivity index (χ4v) is 7.46. The molecule has 0 atom stereocenters. The average molecular weight is 724 g/mol. The highest BCUT2D eigenvalue weighted by atomic mass is 19.1. The van der Waals surface area contributed by atoms with E-state index in [4.69, 9.17) is 13.7 Å². The van der Waals surface area contributed by atoms with Crippen LogP contribution in [0.5, 0.6) is 0 Å². The second-order valence-electron chi connectivity index (χ2n) is 13.0. The van der Waals surface area contributed by atoms with Crippen molar-refractivity contribution in [2.45, 2.75) is 0 Å². The van der Waals surface area contributed by atoms with Crippen LogP contribution in [0.2, 0.25) is 0 Å². The van der Waals surface area contributed by atoms with Crippen molar-refractivity contribution >= 4 is 72.7 Å². The van der Waals surface area contributed by atoms with Gasteiger partial charge in [-0.25, -0.2) is 8.78 Å². The van der Waals surface area contributed by atoms with Gasteiger partial charge in [-0.05, 0) is 125 Å². The monoisotopic (exact) mass is 723 g/mol. The Morgan fingerprint density at radius 1 is 0.436 bits per heavy atom. The molecule has 0 bridgehead atoms. The predicted molar refractivity (Wildman–Crippen MR) is 224 cm³/mol. The molecule has 5 heteroatoms. The number of hydrogen-bond acceptors (Lipinski definition) is 3. The van der Waals surface area contributed by atoms with Gasteiger partial charge in [-0.1, -0.05) is 90.9 Å². The van der Waals surface area contributed by atoms with Crippen molar-refractivity contribution in [3.63, 3.8) is 0 Å². The van der Waals surface area contributed by atoms with E-state index in [1.165, 1.54) is 53.4 Å². The van der Waals surface area contributed by atoms with Crippen molar-refractivity contribution in [1.29, 1.82) is 0 Å². The van der Waals surface area contributed by atoms with Crippen LogP contribution < -0.4 is 14.7 Å². The minimum Gasteiger partial charge on any atom is -0.310 e. The maximum Gasteiger partial charge on any atom is 0.123 e. The van der Waals surface area contributed by atoms with E-state index in [2.05, 4.69) is 4.90 Å². The molecule has 0 aliphatic carbocycles. The summed E-state index contributed by atoms with van der Waals surface area (Å²) in [5, 5.41) is 3.34. The Kier molecular flexibility index (Phi) is 5.67. The van der Waals surface area contributed by atoms with Crippen LogP contribution in [0.3, 0.4) is 0 Å². The summed E-state index contributed by atoms with van der Waals surface area (Å²) in [7, 11) is 0. The second-order valence-corrected chi connectivity index (χ2v) is 13.0. The Labute approximate surface area is 332 Å². The van der Waals surface area contributed by atoms with Gasteiger partial charge in [-0.15, -0.1) is 0 Å². The molecule has 0 aromatic heterocycles. The molecule has 10 rings (SSSR count). The first kappa shape index (κ1) is 23.4. The van der Waals surface area contributed by atoms with Gasteiger partial charge in [0.1, 0.15) is 11.6 Å². The summed E-state index contributed by atoms with van der Waals surface area (Å²) in [6, 6.07) is 34.8. The van der Waals surface area contributed by atoms with Gasteiger partial charge in [0.05, 0.1) is 30.8 Å². The fraction of sp³-hybridized carbons (Fsp3) is 0. The van der Waals surface area contributed by atoms with Gasteiger partial charge in [0, 0.05) is 50.5 Å². The molecular formula is C50H33F2N3. The number of anilines is 9. The van der Waals surface area contributed by atoms with Crippen LogP contribution in [0.1, 0.15) is 13.7 Å². The molecule has 0 N–H and O–H groups in total. The van der Waals surface area contributed by atoms with Crippen molar-refractivity contribution < 1.29 is 22.5 Å². The number of fused-ring (bicyclic) bond motifs is 3. The molecule has 9 aromatic carbocycles. The normalized spacial score (nSPS) is 14.3. The summed E-state index contributed by atoms with van der Waals surface area (Å²) < 4.78 is 116. The summed E-state index contributed by atoms with van der Waals surface area (Å²) in [4.78, 5) is 5.14. The smallest absolute Gasteiger partial charge is 0.123 e. The maximum absolute atomic E-state index is 14.5. The molecule has 1 aliphatic heterocycles. The van der Waals surface area contributed by atoms with E-state index in [-0.39, 0.29) is 11.4 Å². The zero-order chi connectivity index (χ0) is 45.6. The first-order valence-electron chi connectivity index (χ1n) is 22.5. The lowest BCUT2D eigenvalue weighted by atomic mass is 9.89. The maximum atomic E-state index is 14.5. The minimum atomic E-state index is -0.552. The molecule has 55 heavy (non-hydrogen) atoms. The van der Waals surface area contributed by atoms with E-state index >= 15 is 0 Å². The molecular weight excluding hydrogens is 681 g/mol. The van der Waals surface area contributed by atoms with Crippen molar-refractivity contribution in [3.8, 4) is 11.1 Å². The lowest BCUT2D eigenvalue weighted by Crippen LogP contribution is -2.17. The zero-order valence-electron chi connectivity index (χ0n) is 38.9. The van der Waals surface area contributed by atoms with E-state index < -0.39 is 72.1 Å². The molecule has 3 nitrogen and oxygen atoms in total. The van der Waals surface area contributed by atoms with Gasteiger partial charge in [-0.2, -0.15) is 0 Å². The van der Waals surface area contributed by atoms with Gasteiger partial charge in [0.15, 0.2) is 0 Å². The highest BCUT2D eigenvalue weighted by molar-refractivity contribution is 6.18. The van der Waals surface area contributed by atoms with Crippen LogP contribution in [0.15, 0.2) is 200 Å². The standard InChI is InChI=1S/C50H33F2N3/c51-36-19-24-40(25-20-36)53(38-12-3-1-4-13-38)43-28-29-44-45-30-31-47(54(39-14-5-2-6-15-39)41-26-21-37(52)22-27-41)46-16-9-17-48(50(45)46)55(49(44)33-43)42-23-18-34-10-7-8-11-35(34)32-42/h1-33H/i1D,2D,3D,4D,5D,6D,12D,13D,14D,15D. The van der Waals surface area contributed by atoms with Gasteiger partial charge in [-0.3, -0.25) is 0 Å². The van der Waals surface area contributed by atoms with E-state index in [9.17, 15) is 8.78 Å². The quantitative estimate of drug-likeness (QED) is 0.162. The van der Waals surface area contributed by atoms with Gasteiger partial charge in [0.25, 0.3) is 0 Å². The highest BCUT2D eigenvalue weighted by Crippen LogP contribution is 2.55. The molecule has 9 aromatic rings. The molecule has 0 unspecified atom stereocenters. The molecule has 0 fully saturated rings. The van der Waals surface area contributed by atoms with E-state index in [0.29, 0.717) is 39.5 Å². The summed E-state index contributed by atoms with van der Waals surface area (Å²) in [5.41, 5.74) is 4.95. The SMILES string of the molecule is [2H]c1c([2H])c([2H])c(N(c2ccc(F)cc2)c2ccc3c(c2)N(c2ccc4ccccc4c2)c2cccc4c(N(c5ccc(F)cc5)c5c([2H])c([2H])c([2H])c([2H])c5[2H])ccc-3c24)c([2H])c1[2H]. The fourth-order valence-electron chi connectivity index (χ4n) is 7.46. The predicted octanol–water partition coefficient (Wildman–Crippen LogP) is 14.7. The summed E-state index contributed by atoms with van der Waals surface area (Å²) >= 11 is 0. The molecule has 0 radical (unpaired) electrons. The van der Waals surface area contributed by atoms with Crippen LogP contribution >= 0.6 is 0 Å². The third-order valence-electron chi connectivity index (χ3n) is 9.83. The van der Waals surface area contributed by atoms with Gasteiger partial charge in [0.2, 0.25) is 0 Å². The summed E-state index contributed by atoms with van der Waals surface area (Å²) in [6.45, 7) is 0. The average Bonchev–Trinajstić information content (AvgIpc) is 3.32. The number of para-hydroxylation sites is 2. The number of hydrogen-bond donors (Lipinski definition) is 0.